The lowest BCUT2D eigenvalue weighted by Crippen LogP contribution is -2.34. The van der Waals surface area contributed by atoms with Crippen molar-refractivity contribution in [1.82, 2.24) is 5.32 Å². The van der Waals surface area contributed by atoms with Crippen molar-refractivity contribution in [2.24, 2.45) is 11.8 Å². The fourth-order valence-corrected chi connectivity index (χ4v) is 3.24. The number of hydrogen-bond donors (Lipinski definition) is 2. The first-order valence-electron chi connectivity index (χ1n) is 7.25. The van der Waals surface area contributed by atoms with E-state index in [2.05, 4.69) is 5.32 Å². The Morgan fingerprint density at radius 2 is 2.05 bits per heavy atom. The number of aryl methyl sites for hydroxylation is 1. The molecule has 0 aromatic heterocycles. The Morgan fingerprint density at radius 1 is 1.35 bits per heavy atom. The number of rotatable bonds is 4. The number of alkyl halides is 1. The van der Waals surface area contributed by atoms with Gasteiger partial charge in [0, 0.05) is 18.0 Å². The van der Waals surface area contributed by atoms with Crippen molar-refractivity contribution in [1.29, 1.82) is 0 Å². The Labute approximate surface area is 125 Å². The minimum atomic E-state index is -0.126. The van der Waals surface area contributed by atoms with Gasteiger partial charge in [-0.2, -0.15) is 0 Å². The fraction of sp³-hybridized carbons (Fsp3) is 0.562. The topological polar surface area (TPSA) is 49.3 Å². The lowest BCUT2D eigenvalue weighted by atomic mass is 9.80. The van der Waals surface area contributed by atoms with E-state index in [-0.39, 0.29) is 11.7 Å². The van der Waals surface area contributed by atoms with Gasteiger partial charge in [-0.15, -0.1) is 11.6 Å². The van der Waals surface area contributed by atoms with Crippen LogP contribution in [0.4, 0.5) is 0 Å². The molecule has 4 heteroatoms. The van der Waals surface area contributed by atoms with Gasteiger partial charge in [-0.05, 0) is 49.3 Å². The second kappa shape index (κ2) is 6.98. The van der Waals surface area contributed by atoms with Crippen molar-refractivity contribution in [3.8, 4) is 5.75 Å². The second-order valence-corrected chi connectivity index (χ2v) is 5.98. The highest BCUT2D eigenvalue weighted by molar-refractivity contribution is 6.18. The van der Waals surface area contributed by atoms with Gasteiger partial charge in [0.2, 0.25) is 0 Å². The van der Waals surface area contributed by atoms with E-state index in [0.717, 1.165) is 18.4 Å². The third-order valence-electron chi connectivity index (χ3n) is 4.26. The molecule has 0 bridgehead atoms. The van der Waals surface area contributed by atoms with Crippen LogP contribution in [0.2, 0.25) is 0 Å². The first-order chi connectivity index (χ1) is 9.61. The number of amides is 1. The molecule has 0 radical (unpaired) electrons. The van der Waals surface area contributed by atoms with Crippen molar-refractivity contribution in [3.63, 3.8) is 0 Å². The highest BCUT2D eigenvalue weighted by atomic mass is 35.5. The summed E-state index contributed by atoms with van der Waals surface area (Å²) in [6, 6.07) is 5.02. The van der Waals surface area contributed by atoms with Gasteiger partial charge in [-0.1, -0.05) is 18.9 Å². The summed E-state index contributed by atoms with van der Waals surface area (Å²) in [6.07, 6.45) is 4.76. The van der Waals surface area contributed by atoms with Gasteiger partial charge in [0.25, 0.3) is 5.91 Å². The number of halogens is 1. The van der Waals surface area contributed by atoms with E-state index in [1.165, 1.54) is 18.9 Å². The number of phenols is 1. The SMILES string of the molecule is Cc1ccc(C(=O)NCC2CCCCC2CCl)cc1O. The number of phenolic OH excluding ortho intramolecular Hbond substituents is 1. The molecule has 1 saturated carbocycles. The van der Waals surface area contributed by atoms with Gasteiger partial charge in [0.1, 0.15) is 5.75 Å². The van der Waals surface area contributed by atoms with Crippen LogP contribution in [0.25, 0.3) is 0 Å². The average molecular weight is 296 g/mol. The third-order valence-corrected chi connectivity index (χ3v) is 4.66. The number of carbonyl (C=O) groups is 1. The minimum absolute atomic E-state index is 0.126. The zero-order valence-corrected chi connectivity index (χ0v) is 12.6. The molecule has 20 heavy (non-hydrogen) atoms. The highest BCUT2D eigenvalue weighted by Gasteiger charge is 2.24. The van der Waals surface area contributed by atoms with Crippen molar-refractivity contribution in [2.75, 3.05) is 12.4 Å². The smallest absolute Gasteiger partial charge is 0.251 e. The number of aromatic hydroxyl groups is 1. The first-order valence-corrected chi connectivity index (χ1v) is 7.79. The Bertz CT molecular complexity index is 476. The predicted molar refractivity (Wildman–Crippen MR) is 81.3 cm³/mol. The Hall–Kier alpha value is -1.22. The normalized spacial score (nSPS) is 22.5. The first kappa shape index (κ1) is 15.2. The van der Waals surface area contributed by atoms with Crippen molar-refractivity contribution >= 4 is 17.5 Å². The zero-order valence-electron chi connectivity index (χ0n) is 11.9. The van der Waals surface area contributed by atoms with Crippen LogP contribution in [0.5, 0.6) is 5.75 Å². The summed E-state index contributed by atoms with van der Waals surface area (Å²) in [7, 11) is 0. The molecular weight excluding hydrogens is 274 g/mol. The van der Waals surface area contributed by atoms with Crippen LogP contribution in [0.3, 0.4) is 0 Å². The number of nitrogens with one attached hydrogen (secondary N) is 1. The van der Waals surface area contributed by atoms with Gasteiger partial charge < -0.3 is 10.4 Å². The van der Waals surface area contributed by atoms with Gasteiger partial charge in [-0.3, -0.25) is 4.79 Å². The summed E-state index contributed by atoms with van der Waals surface area (Å²) in [5, 5.41) is 12.6. The molecule has 0 heterocycles. The van der Waals surface area contributed by atoms with Gasteiger partial charge in [0.15, 0.2) is 0 Å². The van der Waals surface area contributed by atoms with Crippen LogP contribution in [-0.2, 0) is 0 Å². The molecule has 2 atom stereocenters. The maximum atomic E-state index is 12.1. The quantitative estimate of drug-likeness (QED) is 0.836. The van der Waals surface area contributed by atoms with Crippen molar-refractivity contribution in [3.05, 3.63) is 29.3 Å². The Balaban J connectivity index is 1.92. The third kappa shape index (κ3) is 3.66. The Morgan fingerprint density at radius 3 is 2.70 bits per heavy atom. The molecule has 3 nitrogen and oxygen atoms in total. The van der Waals surface area contributed by atoms with E-state index in [1.807, 2.05) is 6.92 Å². The number of benzene rings is 1. The molecule has 0 saturated heterocycles. The van der Waals surface area contributed by atoms with Crippen molar-refractivity contribution < 1.29 is 9.90 Å². The highest BCUT2D eigenvalue weighted by Crippen LogP contribution is 2.30. The average Bonchev–Trinajstić information content (AvgIpc) is 2.47. The fourth-order valence-electron chi connectivity index (χ4n) is 2.83. The molecule has 110 valence electrons. The minimum Gasteiger partial charge on any atom is -0.508 e. The van der Waals surface area contributed by atoms with Crippen LogP contribution >= 0.6 is 11.6 Å². The standard InChI is InChI=1S/C16H22ClNO2/c1-11-6-7-12(8-15(11)19)16(20)18-10-14-5-3-2-4-13(14)9-17/h6-8,13-14,19H,2-5,9-10H2,1H3,(H,18,20). The largest absolute Gasteiger partial charge is 0.508 e. The molecule has 0 aliphatic heterocycles. The molecule has 1 fully saturated rings. The summed E-state index contributed by atoms with van der Waals surface area (Å²) in [5.41, 5.74) is 1.28. The summed E-state index contributed by atoms with van der Waals surface area (Å²) < 4.78 is 0. The van der Waals surface area contributed by atoms with Crippen LogP contribution in [-0.4, -0.2) is 23.4 Å². The molecule has 1 aromatic carbocycles. The van der Waals surface area contributed by atoms with Crippen LogP contribution in [0.15, 0.2) is 18.2 Å². The van der Waals surface area contributed by atoms with Gasteiger partial charge in [0.05, 0.1) is 0 Å². The van der Waals surface area contributed by atoms with E-state index in [1.54, 1.807) is 12.1 Å². The summed E-state index contributed by atoms with van der Waals surface area (Å²) >= 11 is 6.00. The Kier molecular flexibility index (Phi) is 5.30. The molecule has 2 unspecified atom stereocenters. The van der Waals surface area contributed by atoms with Gasteiger partial charge >= 0.3 is 0 Å². The summed E-state index contributed by atoms with van der Waals surface area (Å²) in [4.78, 5) is 12.1. The predicted octanol–water partition coefficient (Wildman–Crippen LogP) is 3.48. The van der Waals surface area contributed by atoms with E-state index < -0.39 is 0 Å². The van der Waals surface area contributed by atoms with E-state index in [9.17, 15) is 9.90 Å². The molecule has 1 aromatic rings. The van der Waals surface area contributed by atoms with E-state index >= 15 is 0 Å². The van der Waals surface area contributed by atoms with E-state index in [4.69, 9.17) is 11.6 Å². The molecule has 2 rings (SSSR count). The number of hydrogen-bond acceptors (Lipinski definition) is 2. The van der Waals surface area contributed by atoms with Gasteiger partial charge in [-0.25, -0.2) is 0 Å². The van der Waals surface area contributed by atoms with Crippen LogP contribution in [0.1, 0.15) is 41.6 Å². The molecule has 2 N–H and O–H groups in total. The van der Waals surface area contributed by atoms with Crippen molar-refractivity contribution in [2.45, 2.75) is 32.6 Å². The zero-order chi connectivity index (χ0) is 14.5. The monoisotopic (exact) mass is 295 g/mol. The number of carbonyl (C=O) groups excluding carboxylic acids is 1. The molecule has 1 aliphatic carbocycles. The molecule has 0 spiro atoms. The molecular formula is C16H22ClNO2. The maximum absolute atomic E-state index is 12.1. The molecule has 1 aliphatic rings. The summed E-state index contributed by atoms with van der Waals surface area (Å²) in [6.45, 7) is 2.48. The van der Waals surface area contributed by atoms with Crippen LogP contribution < -0.4 is 5.32 Å². The van der Waals surface area contributed by atoms with Crippen LogP contribution in [0, 0.1) is 18.8 Å². The summed E-state index contributed by atoms with van der Waals surface area (Å²) in [5.74, 6) is 1.70. The lowest BCUT2D eigenvalue weighted by Gasteiger charge is -2.30. The lowest BCUT2D eigenvalue weighted by molar-refractivity contribution is 0.0936. The van der Waals surface area contributed by atoms with E-state index in [0.29, 0.717) is 29.8 Å². The molecule has 1 amide bonds. The maximum Gasteiger partial charge on any atom is 0.251 e. The second-order valence-electron chi connectivity index (χ2n) is 5.67.